The van der Waals surface area contributed by atoms with Crippen LogP contribution in [-0.2, 0) is 19.1 Å². The van der Waals surface area contributed by atoms with Gasteiger partial charge in [0.15, 0.2) is 12.2 Å². The van der Waals surface area contributed by atoms with Crippen LogP contribution in [0.15, 0.2) is 71.5 Å². The van der Waals surface area contributed by atoms with Gasteiger partial charge in [-0.1, -0.05) is 53.5 Å². The number of rotatable bonds is 5. The van der Waals surface area contributed by atoms with Crippen LogP contribution in [0, 0.1) is 0 Å². The second-order valence-corrected chi connectivity index (χ2v) is 11.9. The maximum Gasteiger partial charge on any atom is 0.331 e. The predicted octanol–water partition coefficient (Wildman–Crippen LogP) is 7.55. The van der Waals surface area contributed by atoms with Crippen molar-refractivity contribution >= 4 is 73.8 Å². The number of H-pyrrole nitrogens is 1. The molecule has 8 nitrogen and oxygen atoms in total. The molecule has 5 aromatic rings. The molecule has 0 spiro atoms. The molecule has 10 heteroatoms. The highest BCUT2D eigenvalue weighted by Crippen LogP contribution is 2.48. The van der Waals surface area contributed by atoms with Gasteiger partial charge < -0.3 is 23.9 Å². The van der Waals surface area contributed by atoms with Crippen molar-refractivity contribution in [2.45, 2.75) is 38.6 Å². The van der Waals surface area contributed by atoms with E-state index in [1.165, 1.54) is 26.2 Å². The minimum absolute atomic E-state index is 0.249. The van der Waals surface area contributed by atoms with Crippen molar-refractivity contribution in [2.24, 2.45) is 0 Å². The van der Waals surface area contributed by atoms with E-state index in [0.29, 0.717) is 43.3 Å². The van der Waals surface area contributed by atoms with Gasteiger partial charge in [0.05, 0.1) is 39.1 Å². The van der Waals surface area contributed by atoms with Crippen LogP contribution in [0.2, 0.25) is 10.0 Å². The van der Waals surface area contributed by atoms with Gasteiger partial charge in [0.25, 0.3) is 0 Å². The Morgan fingerprint density at radius 2 is 1.70 bits per heavy atom. The third kappa shape index (κ3) is 5.25. The summed E-state index contributed by atoms with van der Waals surface area (Å²) in [4.78, 5) is 43.0. The van der Waals surface area contributed by atoms with Crippen molar-refractivity contribution in [1.29, 1.82) is 0 Å². The second-order valence-electron chi connectivity index (χ2n) is 11.0. The number of pyridine rings is 1. The smallest absolute Gasteiger partial charge is 0.331 e. The zero-order chi connectivity index (χ0) is 31.3. The molecule has 2 unspecified atom stereocenters. The van der Waals surface area contributed by atoms with Gasteiger partial charge in [-0.3, -0.25) is 9.59 Å². The Morgan fingerprint density at radius 1 is 0.977 bits per heavy atom. The van der Waals surface area contributed by atoms with Gasteiger partial charge in [-0.15, -0.1) is 0 Å². The molecule has 2 atom stereocenters. The van der Waals surface area contributed by atoms with Gasteiger partial charge in [-0.2, -0.15) is 0 Å². The molecule has 1 N–H and O–H groups in total. The summed E-state index contributed by atoms with van der Waals surface area (Å²) in [6.07, 6.45) is 0.542. The molecule has 224 valence electrons. The van der Waals surface area contributed by atoms with Crippen molar-refractivity contribution in [3.8, 4) is 11.5 Å². The highest BCUT2D eigenvalue weighted by atomic mass is 35.5. The first-order valence-electron chi connectivity index (χ1n) is 13.8. The molecule has 1 aliphatic heterocycles. The monoisotopic (exact) mass is 631 g/mol. The number of aromatic nitrogens is 1. The van der Waals surface area contributed by atoms with Crippen molar-refractivity contribution in [2.75, 3.05) is 7.11 Å². The van der Waals surface area contributed by atoms with Crippen LogP contribution in [0.4, 0.5) is 0 Å². The number of nitrogens with one attached hydrogen (secondary N) is 1. The SMILES string of the molecule is COc1cc2c(c3[nH]c4cc5ccccc5cc4c(=O)c13)C(OC(C)=O)C(OC(=O)/C=C/c1ccc(Cl)c(Cl)c1)C(C)(C)O2. The number of hydrogen-bond donors (Lipinski definition) is 1. The molecule has 44 heavy (non-hydrogen) atoms. The van der Waals surface area contributed by atoms with E-state index in [2.05, 4.69) is 4.98 Å². The summed E-state index contributed by atoms with van der Waals surface area (Å²) in [5.41, 5.74) is 0.471. The fraction of sp³-hybridized carbons (Fsp3) is 0.206. The zero-order valence-electron chi connectivity index (χ0n) is 24.2. The molecule has 1 aromatic heterocycles. The van der Waals surface area contributed by atoms with E-state index in [4.69, 9.17) is 42.1 Å². The number of esters is 2. The fourth-order valence-corrected chi connectivity index (χ4v) is 5.95. The topological polar surface area (TPSA) is 104 Å². The molecule has 4 aromatic carbocycles. The van der Waals surface area contributed by atoms with Crippen LogP contribution < -0.4 is 14.9 Å². The standard InChI is InChI=1S/C34H27Cl2NO7/c1-17(38)42-32-29-26(44-34(2,3)33(32)43-27(39)12-10-18-9-11-22(35)23(36)13-18)16-25(41-4)28-30(29)37-24-15-20-8-6-5-7-19(20)14-21(24)31(28)40/h5-16,32-33H,1-4H3,(H,37,40)/b12-10+. The highest BCUT2D eigenvalue weighted by Gasteiger charge is 2.50. The van der Waals surface area contributed by atoms with Gasteiger partial charge in [0.1, 0.15) is 17.1 Å². The number of halogens is 2. The number of benzene rings is 4. The third-order valence-electron chi connectivity index (χ3n) is 7.64. The minimum Gasteiger partial charge on any atom is -0.496 e. The van der Waals surface area contributed by atoms with E-state index in [9.17, 15) is 14.4 Å². The Hall–Kier alpha value is -4.53. The highest BCUT2D eigenvalue weighted by molar-refractivity contribution is 6.42. The van der Waals surface area contributed by atoms with E-state index in [0.717, 1.165) is 10.8 Å². The molecule has 0 radical (unpaired) electrons. The summed E-state index contributed by atoms with van der Waals surface area (Å²) in [5.74, 6) is -0.710. The average molecular weight is 632 g/mol. The Labute approximate surface area is 262 Å². The molecule has 0 saturated carbocycles. The van der Waals surface area contributed by atoms with Crippen LogP contribution in [-0.4, -0.2) is 35.7 Å². The Bertz CT molecular complexity index is 2080. The fourth-order valence-electron chi connectivity index (χ4n) is 5.64. The molecule has 0 saturated heterocycles. The maximum absolute atomic E-state index is 14.0. The van der Waals surface area contributed by atoms with E-state index in [1.54, 1.807) is 38.1 Å². The minimum atomic E-state index is -1.16. The van der Waals surface area contributed by atoms with Gasteiger partial charge >= 0.3 is 11.9 Å². The van der Waals surface area contributed by atoms with Crippen molar-refractivity contribution in [3.05, 3.63) is 98.1 Å². The number of carbonyl (C=O) groups excluding carboxylic acids is 2. The number of fused-ring (bicyclic) bond motifs is 5. The van der Waals surface area contributed by atoms with Crippen molar-refractivity contribution in [1.82, 2.24) is 4.98 Å². The quantitative estimate of drug-likeness (QED) is 0.121. The summed E-state index contributed by atoms with van der Waals surface area (Å²) in [7, 11) is 1.47. The van der Waals surface area contributed by atoms with E-state index < -0.39 is 29.7 Å². The summed E-state index contributed by atoms with van der Waals surface area (Å²) >= 11 is 12.1. The Kier molecular flexibility index (Phi) is 7.51. The lowest BCUT2D eigenvalue weighted by Crippen LogP contribution is -2.52. The third-order valence-corrected chi connectivity index (χ3v) is 8.38. The zero-order valence-corrected chi connectivity index (χ0v) is 25.7. The first-order chi connectivity index (χ1) is 21.0. The van der Waals surface area contributed by atoms with Gasteiger partial charge in [0, 0.05) is 24.5 Å². The molecule has 1 aliphatic rings. The van der Waals surface area contributed by atoms with E-state index >= 15 is 0 Å². The Morgan fingerprint density at radius 3 is 2.39 bits per heavy atom. The number of hydrogen-bond acceptors (Lipinski definition) is 7. The molecule has 2 heterocycles. The van der Waals surface area contributed by atoms with Crippen molar-refractivity contribution < 1.29 is 28.5 Å². The largest absolute Gasteiger partial charge is 0.496 e. The number of methoxy groups -OCH3 is 1. The summed E-state index contributed by atoms with van der Waals surface area (Å²) < 4.78 is 23.8. The molecule has 0 bridgehead atoms. The molecule has 6 rings (SSSR count). The molecule has 0 fully saturated rings. The van der Waals surface area contributed by atoms with Crippen LogP contribution in [0.1, 0.15) is 38.0 Å². The van der Waals surface area contributed by atoms with Crippen LogP contribution in [0.3, 0.4) is 0 Å². The number of aromatic amines is 1. The lowest BCUT2D eigenvalue weighted by molar-refractivity contribution is -0.185. The van der Waals surface area contributed by atoms with Crippen molar-refractivity contribution in [3.63, 3.8) is 0 Å². The van der Waals surface area contributed by atoms with Crippen LogP contribution in [0.25, 0.3) is 38.7 Å². The van der Waals surface area contributed by atoms with Gasteiger partial charge in [0.2, 0.25) is 5.43 Å². The first kappa shape index (κ1) is 29.5. The molecular weight excluding hydrogens is 605 g/mol. The lowest BCUT2D eigenvalue weighted by Gasteiger charge is -2.43. The van der Waals surface area contributed by atoms with E-state index in [-0.39, 0.29) is 16.6 Å². The normalized spacial score (nSPS) is 17.4. The average Bonchev–Trinajstić information content (AvgIpc) is 2.97. The van der Waals surface area contributed by atoms with Gasteiger partial charge in [-0.05, 0) is 60.5 Å². The predicted molar refractivity (Wildman–Crippen MR) is 171 cm³/mol. The lowest BCUT2D eigenvalue weighted by atomic mass is 9.86. The number of carbonyl (C=O) groups is 2. The van der Waals surface area contributed by atoms with Crippen LogP contribution in [0.5, 0.6) is 11.5 Å². The summed E-state index contributed by atoms with van der Waals surface area (Å²) in [6.45, 7) is 4.71. The van der Waals surface area contributed by atoms with Crippen LogP contribution >= 0.6 is 23.2 Å². The molecule has 0 amide bonds. The number of ether oxygens (including phenoxy) is 4. The Balaban J connectivity index is 1.51. The van der Waals surface area contributed by atoms with Gasteiger partial charge in [-0.25, -0.2) is 4.79 Å². The summed E-state index contributed by atoms with van der Waals surface area (Å²) in [6, 6.07) is 18.0. The second kappa shape index (κ2) is 11.2. The molecule has 0 aliphatic carbocycles. The first-order valence-corrected chi connectivity index (χ1v) is 14.5. The van der Waals surface area contributed by atoms with E-state index in [1.807, 2.05) is 36.4 Å². The maximum atomic E-state index is 14.0. The summed E-state index contributed by atoms with van der Waals surface area (Å²) in [5, 5.41) is 3.28. The molecular formula is C34H27Cl2NO7.